The molecule has 0 aliphatic heterocycles. The average Bonchev–Trinajstić information content (AvgIpc) is 3.33. The number of hydrogen-bond donors (Lipinski definition) is 0. The third kappa shape index (κ3) is 3.40. The van der Waals surface area contributed by atoms with Crippen molar-refractivity contribution in [2.45, 2.75) is 32.2 Å². The predicted octanol–water partition coefficient (Wildman–Crippen LogP) is 0.846. The quantitative estimate of drug-likeness (QED) is 0.497. The van der Waals surface area contributed by atoms with E-state index >= 15 is 0 Å². The van der Waals surface area contributed by atoms with Crippen LogP contribution in [-0.2, 0) is 23.9 Å². The van der Waals surface area contributed by atoms with Gasteiger partial charge in [-0.15, -0.1) is 0 Å². The summed E-state index contributed by atoms with van der Waals surface area (Å²) in [6.07, 6.45) is 4.39. The number of aryl methyl sites for hydroxylation is 1. The zero-order valence-corrected chi connectivity index (χ0v) is 17.1. The molecular formula is C17H16ClN5O5S. The summed E-state index contributed by atoms with van der Waals surface area (Å²) in [6, 6.07) is 0. The minimum absolute atomic E-state index is 0.00545. The molecule has 12 heteroatoms. The molecule has 2 aromatic heterocycles. The van der Waals surface area contributed by atoms with Crippen LogP contribution in [0.25, 0.3) is 0 Å². The van der Waals surface area contributed by atoms with Crippen LogP contribution in [0.3, 0.4) is 0 Å². The van der Waals surface area contributed by atoms with Crippen molar-refractivity contribution >= 4 is 32.5 Å². The largest absolute Gasteiger partial charge is 0.363 e. The van der Waals surface area contributed by atoms with Crippen molar-refractivity contribution in [2.75, 3.05) is 0 Å². The molecular weight excluding hydrogens is 422 g/mol. The molecule has 1 atom stereocenters. The molecule has 2 aliphatic carbocycles. The Kier molecular flexibility index (Phi) is 4.87. The first-order valence-corrected chi connectivity index (χ1v) is 10.3. The van der Waals surface area contributed by atoms with Crippen LogP contribution >= 0.6 is 11.6 Å². The van der Waals surface area contributed by atoms with Gasteiger partial charge in [-0.05, 0) is 34.9 Å². The molecule has 2 aliphatic rings. The number of carbonyl (C=O) groups is 1. The first-order chi connectivity index (χ1) is 13.8. The zero-order valence-electron chi connectivity index (χ0n) is 15.5. The molecule has 2 heterocycles. The summed E-state index contributed by atoms with van der Waals surface area (Å²) in [6.45, 7) is 1.54. The number of nitrogens with zero attached hydrogens (tertiary/aromatic N) is 5. The standard InChI is InChI=1S/C17H16ClN5O5S/c1-8-12(7-23-17(25)22(2)20-21-23)14(18)10(5-13(8)29(26)27)15(24)11-6-19-28-16(11)9-3-4-9/h5-6,8-9H,3-4,7H2,1-2H3. The van der Waals surface area contributed by atoms with E-state index in [1.165, 1.54) is 19.3 Å². The molecule has 29 heavy (non-hydrogen) atoms. The summed E-state index contributed by atoms with van der Waals surface area (Å²) in [5, 5.41) is 11.2. The third-order valence-electron chi connectivity index (χ3n) is 5.08. The summed E-state index contributed by atoms with van der Waals surface area (Å²) in [4.78, 5) is 25.3. The zero-order chi connectivity index (χ0) is 20.9. The van der Waals surface area contributed by atoms with Crippen LogP contribution in [-0.4, -0.2) is 44.0 Å². The molecule has 1 saturated carbocycles. The summed E-state index contributed by atoms with van der Waals surface area (Å²) < 4.78 is 30.9. The molecule has 0 saturated heterocycles. The van der Waals surface area contributed by atoms with E-state index in [4.69, 9.17) is 16.1 Å². The summed E-state index contributed by atoms with van der Waals surface area (Å²) in [5.74, 6) is -0.499. The highest BCUT2D eigenvalue weighted by Gasteiger charge is 2.36. The van der Waals surface area contributed by atoms with E-state index in [9.17, 15) is 18.0 Å². The lowest BCUT2D eigenvalue weighted by atomic mass is 9.86. The van der Waals surface area contributed by atoms with Gasteiger partial charge < -0.3 is 4.52 Å². The lowest BCUT2D eigenvalue weighted by Gasteiger charge is -2.23. The van der Waals surface area contributed by atoms with E-state index in [1.54, 1.807) is 6.92 Å². The van der Waals surface area contributed by atoms with Gasteiger partial charge in [0.05, 0.1) is 28.2 Å². The molecule has 0 N–H and O–H groups in total. The van der Waals surface area contributed by atoms with Crippen LogP contribution in [0.4, 0.5) is 0 Å². The highest BCUT2D eigenvalue weighted by molar-refractivity contribution is 7.73. The Hall–Kier alpha value is -2.79. The molecule has 2 aromatic rings. The molecule has 0 amide bonds. The fraction of sp³-hybridized carbons (Fsp3) is 0.412. The van der Waals surface area contributed by atoms with Gasteiger partial charge in [0.15, 0.2) is 11.5 Å². The third-order valence-corrected chi connectivity index (χ3v) is 6.39. The number of halogens is 1. The van der Waals surface area contributed by atoms with Crippen LogP contribution < -0.4 is 5.69 Å². The Balaban J connectivity index is 1.81. The van der Waals surface area contributed by atoms with E-state index in [0.29, 0.717) is 11.3 Å². The maximum Gasteiger partial charge on any atom is 0.363 e. The van der Waals surface area contributed by atoms with Crippen molar-refractivity contribution in [3.8, 4) is 0 Å². The number of hydrogen-bond acceptors (Lipinski definition) is 8. The van der Waals surface area contributed by atoms with Gasteiger partial charge in [-0.1, -0.05) is 23.7 Å². The predicted molar refractivity (Wildman–Crippen MR) is 102 cm³/mol. The number of ketones is 1. The van der Waals surface area contributed by atoms with Gasteiger partial charge in [0.1, 0.15) is 0 Å². The second-order valence-electron chi connectivity index (χ2n) is 7.01. The molecule has 152 valence electrons. The minimum Gasteiger partial charge on any atom is -0.360 e. The van der Waals surface area contributed by atoms with Crippen molar-refractivity contribution in [1.29, 1.82) is 0 Å². The summed E-state index contributed by atoms with van der Waals surface area (Å²) >= 11 is 6.54. The second kappa shape index (κ2) is 7.23. The van der Waals surface area contributed by atoms with Crippen LogP contribution in [0.1, 0.15) is 41.8 Å². The topological polar surface area (TPSA) is 130 Å². The lowest BCUT2D eigenvalue weighted by molar-refractivity contribution is 0.103. The maximum atomic E-state index is 13.2. The molecule has 0 spiro atoms. The molecule has 0 aromatic carbocycles. The summed E-state index contributed by atoms with van der Waals surface area (Å²) in [7, 11) is -1.14. The van der Waals surface area contributed by atoms with Crippen molar-refractivity contribution in [2.24, 2.45) is 13.0 Å². The SMILES string of the molecule is CC1C(Cn2nnn(C)c2=O)=C(Cl)C(C(=O)c2cnoc2C2CC2)=CC1=S(=O)=O. The molecule has 4 rings (SSSR count). The van der Waals surface area contributed by atoms with E-state index in [1.807, 2.05) is 0 Å². The van der Waals surface area contributed by atoms with E-state index in [0.717, 1.165) is 22.2 Å². The molecule has 0 bridgehead atoms. The van der Waals surface area contributed by atoms with Crippen molar-refractivity contribution in [3.63, 3.8) is 0 Å². The monoisotopic (exact) mass is 437 g/mol. The number of Topliss-reactive ketones (excluding diaryl/α,β-unsaturated/α-hetero) is 1. The fourth-order valence-electron chi connectivity index (χ4n) is 3.25. The first-order valence-electron chi connectivity index (χ1n) is 8.82. The Bertz CT molecular complexity index is 1270. The van der Waals surface area contributed by atoms with Gasteiger partial charge in [-0.25, -0.2) is 4.79 Å². The number of aromatic nitrogens is 5. The molecule has 1 fully saturated rings. The van der Waals surface area contributed by atoms with Gasteiger partial charge >= 0.3 is 5.69 Å². The van der Waals surface area contributed by atoms with Crippen molar-refractivity contribution in [3.05, 3.63) is 50.3 Å². The number of rotatable bonds is 5. The Labute approximate surface area is 170 Å². The smallest absolute Gasteiger partial charge is 0.360 e. The maximum absolute atomic E-state index is 13.2. The number of tetrazole rings is 1. The van der Waals surface area contributed by atoms with E-state index in [2.05, 4.69) is 15.6 Å². The van der Waals surface area contributed by atoms with Crippen molar-refractivity contribution < 1.29 is 17.7 Å². The van der Waals surface area contributed by atoms with Crippen LogP contribution in [0, 0.1) is 5.92 Å². The number of allylic oxidation sites excluding steroid dienone is 4. The van der Waals surface area contributed by atoms with Gasteiger partial charge in [-0.2, -0.15) is 17.8 Å². The normalized spacial score (nSPS) is 19.5. The van der Waals surface area contributed by atoms with Gasteiger partial charge in [0, 0.05) is 24.5 Å². The lowest BCUT2D eigenvalue weighted by Crippen LogP contribution is -2.29. The average molecular weight is 438 g/mol. The highest BCUT2D eigenvalue weighted by Crippen LogP contribution is 2.43. The van der Waals surface area contributed by atoms with Crippen molar-refractivity contribution in [1.82, 2.24) is 24.9 Å². The highest BCUT2D eigenvalue weighted by atomic mass is 35.5. The van der Waals surface area contributed by atoms with Gasteiger partial charge in [0.2, 0.25) is 10.3 Å². The van der Waals surface area contributed by atoms with Crippen LogP contribution in [0.15, 0.2) is 37.8 Å². The first kappa shape index (κ1) is 19.5. The Morgan fingerprint density at radius 3 is 2.66 bits per heavy atom. The molecule has 0 radical (unpaired) electrons. The molecule has 1 unspecified atom stereocenters. The van der Waals surface area contributed by atoms with E-state index in [-0.39, 0.29) is 33.5 Å². The Morgan fingerprint density at radius 2 is 2.07 bits per heavy atom. The summed E-state index contributed by atoms with van der Waals surface area (Å²) in [5.41, 5.74) is 0.166. The molecule has 10 nitrogen and oxygen atoms in total. The van der Waals surface area contributed by atoms with Crippen LogP contribution in [0.2, 0.25) is 0 Å². The van der Waals surface area contributed by atoms with Crippen LogP contribution in [0.5, 0.6) is 0 Å². The van der Waals surface area contributed by atoms with Gasteiger partial charge in [0.25, 0.3) is 0 Å². The van der Waals surface area contributed by atoms with Gasteiger partial charge in [-0.3, -0.25) is 4.79 Å². The number of carbonyl (C=O) groups excluding carboxylic acids is 1. The Morgan fingerprint density at radius 1 is 1.34 bits per heavy atom. The fourth-order valence-corrected chi connectivity index (χ4v) is 4.25. The minimum atomic E-state index is -2.58. The van der Waals surface area contributed by atoms with E-state index < -0.39 is 27.7 Å². The second-order valence-corrected chi connectivity index (χ2v) is 8.32.